The Balaban J connectivity index is 0.000000195. The maximum atomic E-state index is 12.3. The molecule has 2 amide bonds. The summed E-state index contributed by atoms with van der Waals surface area (Å²) in [6.45, 7) is 7.43. The highest BCUT2D eigenvalue weighted by atomic mass is 35.5. The van der Waals surface area contributed by atoms with Crippen molar-refractivity contribution in [2.45, 2.75) is 58.8 Å². The van der Waals surface area contributed by atoms with E-state index in [1.54, 1.807) is 31.5 Å². The highest BCUT2D eigenvalue weighted by Gasteiger charge is 2.21. The van der Waals surface area contributed by atoms with Crippen LogP contribution in [0.5, 0.6) is 11.5 Å². The molecule has 0 fully saturated rings. The number of aliphatic hydroxyl groups is 1. The van der Waals surface area contributed by atoms with Crippen molar-refractivity contribution in [1.29, 1.82) is 0 Å². The van der Waals surface area contributed by atoms with Gasteiger partial charge in [-0.05, 0) is 111 Å². The summed E-state index contributed by atoms with van der Waals surface area (Å²) in [6.07, 6.45) is 5.52. The molecule has 2 atom stereocenters. The van der Waals surface area contributed by atoms with Crippen molar-refractivity contribution in [2.24, 2.45) is 16.1 Å². The van der Waals surface area contributed by atoms with Crippen LogP contribution in [0.15, 0.2) is 144 Å². The van der Waals surface area contributed by atoms with E-state index in [9.17, 15) is 24.9 Å². The number of hydrogen-bond donors (Lipinski definition) is 7. The van der Waals surface area contributed by atoms with Gasteiger partial charge < -0.3 is 26.0 Å². The van der Waals surface area contributed by atoms with Gasteiger partial charge in [0.15, 0.2) is 0 Å². The zero-order chi connectivity index (χ0) is 45.9. The lowest BCUT2D eigenvalue weighted by molar-refractivity contribution is 0.0947. The first-order valence-electron chi connectivity index (χ1n) is 21.6. The Hall–Kier alpha value is -6.89. The zero-order valence-corrected chi connectivity index (χ0v) is 37.3. The van der Waals surface area contributed by atoms with Crippen molar-refractivity contribution >= 4 is 57.4 Å². The molecule has 65 heavy (non-hydrogen) atoms. The molecule has 0 saturated heterocycles. The number of aryl methyl sites for hydroxylation is 2. The van der Waals surface area contributed by atoms with Gasteiger partial charge in [-0.2, -0.15) is 10.2 Å². The molecule has 0 radical (unpaired) electrons. The molecule has 332 valence electrons. The van der Waals surface area contributed by atoms with Crippen LogP contribution in [0, 0.1) is 12.8 Å². The van der Waals surface area contributed by atoms with Crippen LogP contribution in [-0.2, 0) is 19.5 Å². The summed E-state index contributed by atoms with van der Waals surface area (Å²) in [5.74, 6) is -0.323. The molecule has 7 aromatic carbocycles. The number of fused-ring (bicyclic) bond motifs is 3. The maximum absolute atomic E-state index is 12.3. The molecule has 0 aliphatic heterocycles. The lowest BCUT2D eigenvalue weighted by atomic mass is 9.99. The monoisotopic (exact) mass is 888 g/mol. The molecule has 0 bridgehead atoms. The highest BCUT2D eigenvalue weighted by Crippen LogP contribution is 2.32. The number of nitrogens with zero attached hydrogens (tertiary/aromatic N) is 2. The second kappa shape index (κ2) is 21.7. The third-order valence-corrected chi connectivity index (χ3v) is 12.0. The summed E-state index contributed by atoms with van der Waals surface area (Å²) >= 11 is 5.89. The number of carbonyl (C=O) groups excluding carboxylic acids is 2. The first-order chi connectivity index (χ1) is 31.5. The quantitative estimate of drug-likeness (QED) is 0.0422. The second-order valence-electron chi connectivity index (χ2n) is 16.4. The van der Waals surface area contributed by atoms with Crippen LogP contribution >= 0.6 is 11.6 Å². The van der Waals surface area contributed by atoms with Crippen molar-refractivity contribution < 1.29 is 24.9 Å². The molecule has 1 aliphatic rings. The molecular formula is C53H53ClN6O5. The van der Waals surface area contributed by atoms with Gasteiger partial charge in [0.05, 0.1) is 24.1 Å². The lowest BCUT2D eigenvalue weighted by Crippen LogP contribution is -2.36. The van der Waals surface area contributed by atoms with Crippen LogP contribution in [0.1, 0.15) is 86.0 Å². The number of phenolic OH excluding ortho intramolecular Hbond substituents is 2. The molecule has 0 heterocycles. The number of hydrogen-bond acceptors (Lipinski definition) is 9. The summed E-state index contributed by atoms with van der Waals surface area (Å²) in [6, 6.07) is 42.4. The number of halogens is 1. The van der Waals surface area contributed by atoms with E-state index in [1.165, 1.54) is 41.0 Å². The van der Waals surface area contributed by atoms with E-state index in [4.69, 9.17) is 11.6 Å². The van der Waals surface area contributed by atoms with Crippen molar-refractivity contribution in [3.05, 3.63) is 189 Å². The summed E-state index contributed by atoms with van der Waals surface area (Å²) in [7, 11) is 0. The van der Waals surface area contributed by atoms with Crippen LogP contribution < -0.4 is 21.5 Å². The largest absolute Gasteiger partial charge is 0.508 e. The predicted molar refractivity (Wildman–Crippen MR) is 261 cm³/mol. The normalized spacial score (nSPS) is 13.8. The molecule has 0 spiro atoms. The van der Waals surface area contributed by atoms with Crippen molar-refractivity contribution in [3.63, 3.8) is 0 Å². The van der Waals surface area contributed by atoms with E-state index in [0.29, 0.717) is 35.2 Å². The number of phenols is 2. The van der Waals surface area contributed by atoms with Gasteiger partial charge in [-0.25, -0.2) is 10.9 Å². The number of aliphatic hydroxyl groups excluding tert-OH is 1. The summed E-state index contributed by atoms with van der Waals surface area (Å²) in [4.78, 5) is 24.7. The van der Waals surface area contributed by atoms with E-state index in [0.717, 1.165) is 57.6 Å². The van der Waals surface area contributed by atoms with E-state index < -0.39 is 5.91 Å². The summed E-state index contributed by atoms with van der Waals surface area (Å²) in [5.41, 5.74) is 13.5. The van der Waals surface area contributed by atoms with Crippen LogP contribution in [-0.4, -0.2) is 52.2 Å². The summed E-state index contributed by atoms with van der Waals surface area (Å²) in [5, 5.41) is 48.6. The van der Waals surface area contributed by atoms with Crippen LogP contribution in [0.4, 0.5) is 0 Å². The first kappa shape index (κ1) is 46.1. The predicted octanol–water partition coefficient (Wildman–Crippen LogP) is 9.46. The van der Waals surface area contributed by atoms with Crippen LogP contribution in [0.25, 0.3) is 21.5 Å². The molecule has 1 aliphatic carbocycles. The highest BCUT2D eigenvalue weighted by molar-refractivity contribution is 6.32. The number of amides is 2. The van der Waals surface area contributed by atoms with E-state index in [2.05, 4.69) is 94.1 Å². The Labute approximate surface area is 383 Å². The molecule has 7 N–H and O–H groups in total. The Morgan fingerprint density at radius 3 is 1.80 bits per heavy atom. The molecule has 8 rings (SSSR count). The van der Waals surface area contributed by atoms with Gasteiger partial charge in [-0.15, -0.1) is 0 Å². The minimum atomic E-state index is -0.403. The van der Waals surface area contributed by atoms with E-state index in [-0.39, 0.29) is 35.1 Å². The molecule has 0 aromatic heterocycles. The molecule has 12 heteroatoms. The fraction of sp³-hybridized carbons (Fsp3) is 0.208. The second-order valence-corrected chi connectivity index (χ2v) is 16.8. The van der Waals surface area contributed by atoms with E-state index in [1.807, 2.05) is 48.5 Å². The summed E-state index contributed by atoms with van der Waals surface area (Å²) < 4.78 is 0. The van der Waals surface area contributed by atoms with Crippen LogP contribution in [0.3, 0.4) is 0 Å². The molecular weight excluding hydrogens is 836 g/mol. The fourth-order valence-corrected chi connectivity index (χ4v) is 8.13. The van der Waals surface area contributed by atoms with Gasteiger partial charge in [-0.1, -0.05) is 123 Å². The molecule has 11 nitrogen and oxygen atoms in total. The average Bonchev–Trinajstić information content (AvgIpc) is 3.74. The van der Waals surface area contributed by atoms with Gasteiger partial charge in [0, 0.05) is 47.4 Å². The van der Waals surface area contributed by atoms with Crippen molar-refractivity contribution in [3.8, 4) is 11.5 Å². The third-order valence-electron chi connectivity index (χ3n) is 11.7. The van der Waals surface area contributed by atoms with Gasteiger partial charge in [0.25, 0.3) is 11.8 Å². The Morgan fingerprint density at radius 2 is 1.23 bits per heavy atom. The van der Waals surface area contributed by atoms with Gasteiger partial charge >= 0.3 is 0 Å². The number of carbonyl (C=O) groups is 2. The number of benzene rings is 7. The fourth-order valence-electron chi connectivity index (χ4n) is 7.95. The maximum Gasteiger partial charge on any atom is 0.271 e. The molecule has 7 aromatic rings. The minimum absolute atomic E-state index is 0.0405. The number of rotatable bonds is 14. The molecule has 0 saturated carbocycles. The van der Waals surface area contributed by atoms with Crippen molar-refractivity contribution in [1.82, 2.24) is 21.5 Å². The Kier molecular flexibility index (Phi) is 15.4. The lowest BCUT2D eigenvalue weighted by Gasteiger charge is -2.20. The van der Waals surface area contributed by atoms with Gasteiger partial charge in [-0.3, -0.25) is 9.59 Å². The number of nitrogens with one attached hydrogen (secondary N) is 4. The van der Waals surface area contributed by atoms with Gasteiger partial charge in [0.1, 0.15) is 11.5 Å². The molecule has 2 unspecified atom stereocenters. The van der Waals surface area contributed by atoms with Crippen LogP contribution in [0.2, 0.25) is 5.02 Å². The third kappa shape index (κ3) is 11.4. The van der Waals surface area contributed by atoms with E-state index >= 15 is 0 Å². The Morgan fingerprint density at radius 1 is 0.692 bits per heavy atom. The minimum Gasteiger partial charge on any atom is -0.508 e. The Bertz CT molecular complexity index is 2880. The first-order valence-corrected chi connectivity index (χ1v) is 22.0. The standard InChI is InChI=1S/C28H24ClN3O2.C25H29N3O3/c29-25-15-19(12-14-27(25)33)28(34)32-31-17-21-10-9-20(22-6-3-4-7-23(21)22)16-30-26-13-11-18-5-1-2-8-24(18)26;1-16(2)23(15-29)26-13-19-8-9-20(22-7-5-4-6-21(19)22)14-27-28-25(31)18-10-11-24(30)17(3)12-18/h1-10,12,14-15,17,26,30,33H,11,13,16H2,(H,32,34);4-12,14,16,23,26,29-30H,13,15H2,1-3H3,(H,28,31)/b31-17+;27-14+. The zero-order valence-electron chi connectivity index (χ0n) is 36.6. The SMILES string of the molecule is Cc1cc(C(=O)N/N=C/c2ccc(CNC(CO)C(C)C)c3ccccc23)ccc1O.O=C(N/N=C/c1ccc(CNC2CCc3ccccc32)c2ccccc12)c1ccc(O)c(Cl)c1. The number of hydrazone groups is 2. The average molecular weight is 889 g/mol. The topological polar surface area (TPSA) is 168 Å². The van der Waals surface area contributed by atoms with Gasteiger partial charge in [0.2, 0.25) is 0 Å². The number of aromatic hydroxyl groups is 2. The smallest absolute Gasteiger partial charge is 0.271 e. The van der Waals surface area contributed by atoms with Crippen molar-refractivity contribution in [2.75, 3.05) is 6.61 Å².